The molecule has 0 bridgehead atoms. The maximum atomic E-state index is 12.8. The molecule has 2 unspecified atom stereocenters. The Balaban J connectivity index is 0.0000133. The third-order valence-corrected chi connectivity index (χ3v) is 10.0. The van der Waals surface area contributed by atoms with Crippen LogP contribution in [-0.2, 0) is 28.8 Å². The second kappa shape index (κ2) is 33.7. The molecule has 1 aliphatic rings. The Hall–Kier alpha value is -2.87. The van der Waals surface area contributed by atoms with Gasteiger partial charge in [-0.2, -0.15) is 0 Å². The van der Waals surface area contributed by atoms with Crippen LogP contribution in [0, 0.1) is 5.92 Å². The van der Waals surface area contributed by atoms with Gasteiger partial charge >= 0.3 is 17.9 Å². The van der Waals surface area contributed by atoms with Crippen molar-refractivity contribution in [2.75, 3.05) is 19.6 Å². The van der Waals surface area contributed by atoms with E-state index in [-0.39, 0.29) is 36.5 Å². The molecule has 0 radical (unpaired) electrons. The molecule has 53 heavy (non-hydrogen) atoms. The second-order valence-corrected chi connectivity index (χ2v) is 14.3. The zero-order valence-electron chi connectivity index (χ0n) is 32.7. The van der Waals surface area contributed by atoms with Gasteiger partial charge in [0.15, 0.2) is 0 Å². The summed E-state index contributed by atoms with van der Waals surface area (Å²) < 4.78 is 2.41. The Morgan fingerprint density at radius 2 is 1.06 bits per heavy atom. The van der Waals surface area contributed by atoms with E-state index >= 15 is 0 Å². The molecule has 14 heteroatoms. The molecule has 1 rings (SSSR count). The molecule has 0 aliphatic carbocycles. The van der Waals surface area contributed by atoms with Crippen molar-refractivity contribution in [2.45, 2.75) is 186 Å². The van der Waals surface area contributed by atoms with Crippen molar-refractivity contribution in [3.8, 4) is 0 Å². The van der Waals surface area contributed by atoms with Crippen LogP contribution in [0.25, 0.3) is 0 Å². The maximum absolute atomic E-state index is 12.8. The number of nitrogens with one attached hydrogen (secondary N) is 3. The summed E-state index contributed by atoms with van der Waals surface area (Å²) in [5.41, 5.74) is 0. The standard InChI is InChI=1S/C37H66N4O9S.C2H6/c42-32(38-26-18-17-19-31(40-51)37(49)50)23-22-30(36(47)48)39-35(46)29-24-27-41(28-25-29)33(43)20-15-13-11-9-7-5-3-1-2-4-6-8-10-12-14-16-21-34(44)45;1-2/h29-31,40,51H,1-28H2,(H,38,42)(H,39,46)(H,44,45)(H,47,48)(H,49,50);1-2H3. The highest BCUT2D eigenvalue weighted by atomic mass is 32.1. The number of carbonyl (C=O) groups excluding carboxylic acids is 3. The van der Waals surface area contributed by atoms with Crippen molar-refractivity contribution in [1.29, 1.82) is 0 Å². The van der Waals surface area contributed by atoms with Gasteiger partial charge in [0.2, 0.25) is 17.7 Å². The van der Waals surface area contributed by atoms with E-state index in [2.05, 4.69) is 28.2 Å². The van der Waals surface area contributed by atoms with Gasteiger partial charge in [0.25, 0.3) is 0 Å². The van der Waals surface area contributed by atoms with Crippen molar-refractivity contribution in [2.24, 2.45) is 5.92 Å². The monoisotopic (exact) mass is 773 g/mol. The lowest BCUT2D eigenvalue weighted by atomic mass is 9.95. The van der Waals surface area contributed by atoms with Crippen LogP contribution in [0.5, 0.6) is 0 Å². The fourth-order valence-corrected chi connectivity index (χ4v) is 6.67. The summed E-state index contributed by atoms with van der Waals surface area (Å²) >= 11 is 3.79. The van der Waals surface area contributed by atoms with Gasteiger partial charge in [0, 0.05) is 44.8 Å². The zero-order valence-corrected chi connectivity index (χ0v) is 33.6. The van der Waals surface area contributed by atoms with E-state index in [0.717, 1.165) is 38.5 Å². The van der Waals surface area contributed by atoms with E-state index in [1.54, 1.807) is 0 Å². The summed E-state index contributed by atoms with van der Waals surface area (Å²) in [5, 5.41) is 32.5. The van der Waals surface area contributed by atoms with Crippen LogP contribution in [0.15, 0.2) is 0 Å². The molecule has 0 aromatic carbocycles. The minimum Gasteiger partial charge on any atom is -0.481 e. The number of amides is 3. The lowest BCUT2D eigenvalue weighted by Gasteiger charge is -2.32. The van der Waals surface area contributed by atoms with Crippen molar-refractivity contribution < 1.29 is 44.1 Å². The first-order valence-corrected chi connectivity index (χ1v) is 20.9. The largest absolute Gasteiger partial charge is 0.481 e. The van der Waals surface area contributed by atoms with Gasteiger partial charge in [-0.15, -0.1) is 0 Å². The number of carbonyl (C=O) groups is 6. The number of aliphatic carboxylic acids is 3. The van der Waals surface area contributed by atoms with E-state index in [1.165, 1.54) is 64.2 Å². The Morgan fingerprint density at radius 3 is 1.49 bits per heavy atom. The molecule has 1 saturated heterocycles. The summed E-state index contributed by atoms with van der Waals surface area (Å²) in [5.74, 6) is -3.86. The fraction of sp³-hybridized carbons (Fsp3) is 0.846. The summed E-state index contributed by atoms with van der Waals surface area (Å²) in [6, 6.07) is -1.95. The Labute approximate surface area is 324 Å². The number of hydrogen-bond donors (Lipinski definition) is 7. The van der Waals surface area contributed by atoms with Gasteiger partial charge in [-0.25, -0.2) is 4.79 Å². The smallest absolute Gasteiger partial charge is 0.326 e. The van der Waals surface area contributed by atoms with E-state index in [9.17, 15) is 33.9 Å². The molecule has 1 heterocycles. The predicted molar refractivity (Wildman–Crippen MR) is 211 cm³/mol. The average Bonchev–Trinajstić information content (AvgIpc) is 3.14. The molecule has 6 N–H and O–H groups in total. The topological polar surface area (TPSA) is 202 Å². The number of piperidine rings is 1. The number of thiol groups is 1. The number of carboxylic acid groups (broad SMARTS) is 3. The Kier molecular flexibility index (Phi) is 31.9. The van der Waals surface area contributed by atoms with Crippen molar-refractivity contribution >= 4 is 48.4 Å². The molecule has 13 nitrogen and oxygen atoms in total. The molecular weight excluding hydrogens is 701 g/mol. The minimum absolute atomic E-state index is 0.0449. The van der Waals surface area contributed by atoms with Crippen molar-refractivity contribution in [3.05, 3.63) is 0 Å². The molecule has 1 aliphatic heterocycles. The average molecular weight is 773 g/mol. The summed E-state index contributed by atoms with van der Waals surface area (Å²) in [6.07, 6.45) is 21.8. The Bertz CT molecular complexity index is 1020. The highest BCUT2D eigenvalue weighted by Crippen LogP contribution is 2.20. The van der Waals surface area contributed by atoms with Crippen LogP contribution in [0.3, 0.4) is 0 Å². The highest BCUT2D eigenvalue weighted by Gasteiger charge is 2.30. The SMILES string of the molecule is CC.O=C(O)CCCCCCCCCCCCCCCCCCC(=O)N1CCC(C(=O)NC(CCC(=O)NCCCCC(NS)C(=O)O)C(=O)O)CC1. The highest BCUT2D eigenvalue weighted by molar-refractivity contribution is 7.78. The van der Waals surface area contributed by atoms with Crippen LogP contribution >= 0.6 is 12.8 Å². The molecule has 0 spiro atoms. The molecule has 2 atom stereocenters. The first kappa shape index (κ1) is 50.1. The molecule has 0 aromatic heterocycles. The Morgan fingerprint density at radius 1 is 0.604 bits per heavy atom. The predicted octanol–water partition coefficient (Wildman–Crippen LogP) is 6.88. The van der Waals surface area contributed by atoms with E-state index in [4.69, 9.17) is 10.2 Å². The van der Waals surface area contributed by atoms with E-state index < -0.39 is 30.0 Å². The maximum Gasteiger partial charge on any atom is 0.326 e. The van der Waals surface area contributed by atoms with Gasteiger partial charge < -0.3 is 30.9 Å². The quantitative estimate of drug-likeness (QED) is 0.0279. The lowest BCUT2D eigenvalue weighted by Crippen LogP contribution is -2.47. The second-order valence-electron chi connectivity index (χ2n) is 14.0. The van der Waals surface area contributed by atoms with Crippen molar-refractivity contribution in [1.82, 2.24) is 20.3 Å². The van der Waals surface area contributed by atoms with Gasteiger partial charge in [0.1, 0.15) is 12.1 Å². The van der Waals surface area contributed by atoms with Crippen molar-refractivity contribution in [3.63, 3.8) is 0 Å². The third kappa shape index (κ3) is 27.4. The molecule has 3 amide bonds. The summed E-state index contributed by atoms with van der Waals surface area (Å²) in [4.78, 5) is 72.8. The molecule has 308 valence electrons. The first-order chi connectivity index (χ1) is 25.5. The molecular formula is C39H72N4O9S. The van der Waals surface area contributed by atoms with Gasteiger partial charge in [0.05, 0.1) is 0 Å². The minimum atomic E-state index is -1.20. The summed E-state index contributed by atoms with van der Waals surface area (Å²) in [6.45, 7) is 5.29. The van der Waals surface area contributed by atoms with Crippen LogP contribution < -0.4 is 15.4 Å². The number of nitrogens with zero attached hydrogens (tertiary/aromatic N) is 1. The van der Waals surface area contributed by atoms with Crippen LogP contribution in [0.4, 0.5) is 0 Å². The number of rotatable bonds is 32. The van der Waals surface area contributed by atoms with Gasteiger partial charge in [-0.1, -0.05) is 117 Å². The van der Waals surface area contributed by atoms with Gasteiger partial charge in [-0.05, 0) is 51.4 Å². The van der Waals surface area contributed by atoms with Crippen LogP contribution in [0.1, 0.15) is 174 Å². The normalized spacial score (nSPS) is 14.1. The first-order valence-electron chi connectivity index (χ1n) is 20.5. The number of carboxylic acids is 3. The number of likely N-dealkylation sites (tertiary alicyclic amines) is 1. The zero-order chi connectivity index (χ0) is 39.7. The fourth-order valence-electron chi connectivity index (χ4n) is 6.43. The van der Waals surface area contributed by atoms with Gasteiger partial charge in [-0.3, -0.25) is 28.7 Å². The molecule has 1 fully saturated rings. The number of hydrogen-bond acceptors (Lipinski definition) is 8. The van der Waals surface area contributed by atoms with E-state index in [1.807, 2.05) is 18.7 Å². The number of unbranched alkanes of at least 4 members (excludes halogenated alkanes) is 16. The third-order valence-electron chi connectivity index (χ3n) is 9.72. The summed E-state index contributed by atoms with van der Waals surface area (Å²) in [7, 11) is 0. The van der Waals surface area contributed by atoms with E-state index in [0.29, 0.717) is 64.6 Å². The van der Waals surface area contributed by atoms with Crippen LogP contribution in [-0.4, -0.2) is 87.6 Å². The molecule has 0 saturated carbocycles. The molecule has 0 aromatic rings. The van der Waals surface area contributed by atoms with Crippen LogP contribution in [0.2, 0.25) is 0 Å². The lowest BCUT2D eigenvalue weighted by molar-refractivity contribution is -0.143.